The maximum atomic E-state index is 13.1. The first-order chi connectivity index (χ1) is 46.1. The van der Waals surface area contributed by atoms with Crippen molar-refractivity contribution in [3.05, 3.63) is 0 Å². The summed E-state index contributed by atoms with van der Waals surface area (Å²) in [5.74, 6) is -1.31. The minimum absolute atomic E-state index is 0.106. The number of unbranched alkanes of at least 4 members (excludes halogenated alkanes) is 47. The fourth-order valence-electron chi connectivity index (χ4n) is 11.7. The smallest absolute Gasteiger partial charge is 0.462 e. The topological polar surface area (TPSA) is 237 Å². The second-order valence-electron chi connectivity index (χ2n) is 27.6. The molecule has 95 heavy (non-hydrogen) atoms. The van der Waals surface area contributed by atoms with Crippen molar-refractivity contribution in [1.82, 2.24) is 0 Å². The summed E-state index contributed by atoms with van der Waals surface area (Å²) in [5, 5.41) is 10.6. The summed E-state index contributed by atoms with van der Waals surface area (Å²) in [5.41, 5.74) is 0. The van der Waals surface area contributed by atoms with Crippen LogP contribution in [-0.2, 0) is 65.4 Å². The van der Waals surface area contributed by atoms with Gasteiger partial charge in [-0.2, -0.15) is 0 Å². The van der Waals surface area contributed by atoms with E-state index in [1.807, 2.05) is 0 Å². The van der Waals surface area contributed by atoms with E-state index in [0.717, 1.165) is 109 Å². The summed E-state index contributed by atoms with van der Waals surface area (Å²) >= 11 is 0. The summed E-state index contributed by atoms with van der Waals surface area (Å²) in [4.78, 5) is 72.7. The second kappa shape index (κ2) is 69.2. The molecule has 6 atom stereocenters. The van der Waals surface area contributed by atoms with E-state index in [1.165, 1.54) is 212 Å². The Morgan fingerprint density at radius 3 is 0.747 bits per heavy atom. The van der Waals surface area contributed by atoms with E-state index in [1.54, 1.807) is 0 Å². The molecular formula is C76H148O17P2. The third kappa shape index (κ3) is 69.0. The van der Waals surface area contributed by atoms with Gasteiger partial charge < -0.3 is 33.8 Å². The highest BCUT2D eigenvalue weighted by Gasteiger charge is 2.30. The van der Waals surface area contributed by atoms with Crippen molar-refractivity contribution in [2.75, 3.05) is 39.6 Å². The number of carbonyl (C=O) groups excluding carboxylic acids is 4. The lowest BCUT2D eigenvalue weighted by atomic mass is 9.99. The molecule has 17 nitrogen and oxygen atoms in total. The Morgan fingerprint density at radius 1 is 0.295 bits per heavy atom. The van der Waals surface area contributed by atoms with Crippen LogP contribution in [0.3, 0.4) is 0 Å². The molecule has 0 aliphatic carbocycles. The highest BCUT2D eigenvalue weighted by atomic mass is 31.2. The molecule has 564 valence electrons. The van der Waals surface area contributed by atoms with Crippen molar-refractivity contribution in [1.29, 1.82) is 0 Å². The van der Waals surface area contributed by atoms with Crippen LogP contribution in [0.2, 0.25) is 0 Å². The quantitative estimate of drug-likeness (QED) is 0.0222. The average molecular weight is 1400 g/mol. The molecule has 0 spiro atoms. The van der Waals surface area contributed by atoms with E-state index >= 15 is 0 Å². The van der Waals surface area contributed by atoms with Gasteiger partial charge in [0.25, 0.3) is 0 Å². The number of aliphatic hydroxyl groups excluding tert-OH is 1. The zero-order valence-corrected chi connectivity index (χ0v) is 63.6. The molecule has 0 saturated carbocycles. The lowest BCUT2D eigenvalue weighted by Gasteiger charge is -2.21. The predicted molar refractivity (Wildman–Crippen MR) is 386 cm³/mol. The molecule has 0 rings (SSSR count). The fraction of sp³-hybridized carbons (Fsp3) is 0.947. The lowest BCUT2D eigenvalue weighted by Crippen LogP contribution is -2.30. The Hall–Kier alpha value is -1.94. The molecule has 0 amide bonds. The minimum Gasteiger partial charge on any atom is -0.462 e. The zero-order chi connectivity index (χ0) is 69.8. The number of ether oxygens (including phenoxy) is 4. The highest BCUT2D eigenvalue weighted by molar-refractivity contribution is 7.47. The normalized spacial score (nSPS) is 14.2. The van der Waals surface area contributed by atoms with Gasteiger partial charge in [0.1, 0.15) is 19.3 Å². The average Bonchev–Trinajstić information content (AvgIpc) is 1.37. The van der Waals surface area contributed by atoms with Crippen molar-refractivity contribution < 1.29 is 80.2 Å². The maximum absolute atomic E-state index is 13.1. The number of phosphoric acid groups is 2. The summed E-state index contributed by atoms with van der Waals surface area (Å²) in [7, 11) is -9.91. The number of esters is 4. The van der Waals surface area contributed by atoms with Gasteiger partial charge in [-0.1, -0.05) is 349 Å². The maximum Gasteiger partial charge on any atom is 0.472 e. The van der Waals surface area contributed by atoms with Crippen LogP contribution in [0.4, 0.5) is 0 Å². The van der Waals surface area contributed by atoms with E-state index in [4.69, 9.17) is 37.0 Å². The molecule has 0 aromatic carbocycles. The predicted octanol–water partition coefficient (Wildman–Crippen LogP) is 22.5. The van der Waals surface area contributed by atoms with E-state index < -0.39 is 97.5 Å². The van der Waals surface area contributed by atoms with Gasteiger partial charge in [0.05, 0.1) is 26.4 Å². The third-order valence-corrected chi connectivity index (χ3v) is 20.0. The molecule has 0 saturated heterocycles. The molecule has 0 aromatic rings. The van der Waals surface area contributed by atoms with Crippen LogP contribution >= 0.6 is 15.6 Å². The third-order valence-electron chi connectivity index (χ3n) is 18.1. The molecule has 3 unspecified atom stereocenters. The van der Waals surface area contributed by atoms with Gasteiger partial charge in [0.15, 0.2) is 12.2 Å². The molecule has 0 radical (unpaired) electrons. The Balaban J connectivity index is 5.20. The molecule has 0 aliphatic heterocycles. The Morgan fingerprint density at radius 2 is 0.505 bits per heavy atom. The van der Waals surface area contributed by atoms with Crippen molar-refractivity contribution in [3.8, 4) is 0 Å². The molecule has 19 heteroatoms. The Kier molecular flexibility index (Phi) is 67.7. The van der Waals surface area contributed by atoms with Gasteiger partial charge >= 0.3 is 39.5 Å². The largest absolute Gasteiger partial charge is 0.472 e. The molecule has 0 aliphatic rings. The standard InChI is InChI=1S/C76H148O17P2/c1-6-10-13-16-19-21-23-25-27-29-30-32-34-36-41-46-51-56-61-75(80)93-72(66-87-74(79)60-55-50-45-40-35-33-31-28-26-24-22-20-17-14-11-7-2)68-91-95(84,85)89-64-70(77)63-88-94(82,83)90-67-71(65-86-73(78)59-54-49-43-18-15-12-8-3)92-76(81)62-57-52-47-42-38-37-39-44-48-53-58-69(5)9-4/h69-72,77H,6-68H2,1-5H3,(H,82,83)(H,84,85)/t69?,70-,71+,72+/m0/s1. The monoisotopic (exact) mass is 1400 g/mol. The number of phosphoric ester groups is 2. The molecule has 3 N–H and O–H groups in total. The van der Waals surface area contributed by atoms with Crippen molar-refractivity contribution in [2.45, 2.75) is 419 Å². The van der Waals surface area contributed by atoms with E-state index in [-0.39, 0.29) is 25.7 Å². The van der Waals surface area contributed by atoms with E-state index in [0.29, 0.717) is 25.7 Å². The summed E-state index contributed by atoms with van der Waals surface area (Å²) in [6.07, 6.45) is 58.3. The SMILES string of the molecule is CCCCCCCCCCCCCCCCCCCCC(=O)O[C@H](COC(=O)CCCCCCCCCCCCCCCCCC)COP(=O)(O)OC[C@@H](O)COP(=O)(O)OC[C@@H](COC(=O)CCCCCCCCC)OC(=O)CCCCCCCCCCCCC(C)CC. The molecule has 0 bridgehead atoms. The van der Waals surface area contributed by atoms with Gasteiger partial charge in [-0.25, -0.2) is 9.13 Å². The molecule has 0 aromatic heterocycles. The molecule has 0 fully saturated rings. The Labute approximate surface area is 581 Å². The van der Waals surface area contributed by atoms with E-state index in [2.05, 4.69) is 34.6 Å². The number of rotatable bonds is 76. The summed E-state index contributed by atoms with van der Waals surface area (Å²) < 4.78 is 68.4. The van der Waals surface area contributed by atoms with Crippen LogP contribution in [0.5, 0.6) is 0 Å². The van der Waals surface area contributed by atoms with Gasteiger partial charge in [0, 0.05) is 25.7 Å². The van der Waals surface area contributed by atoms with Crippen LogP contribution in [0.25, 0.3) is 0 Å². The van der Waals surface area contributed by atoms with Crippen LogP contribution in [-0.4, -0.2) is 96.7 Å². The highest BCUT2D eigenvalue weighted by Crippen LogP contribution is 2.45. The van der Waals surface area contributed by atoms with Gasteiger partial charge in [0.2, 0.25) is 0 Å². The number of aliphatic hydroxyl groups is 1. The van der Waals surface area contributed by atoms with Crippen LogP contribution in [0, 0.1) is 5.92 Å². The second-order valence-corrected chi connectivity index (χ2v) is 30.5. The number of carbonyl (C=O) groups is 4. The van der Waals surface area contributed by atoms with Crippen molar-refractivity contribution in [3.63, 3.8) is 0 Å². The zero-order valence-electron chi connectivity index (χ0n) is 61.8. The first kappa shape index (κ1) is 93.1. The van der Waals surface area contributed by atoms with Crippen LogP contribution in [0.15, 0.2) is 0 Å². The van der Waals surface area contributed by atoms with Crippen molar-refractivity contribution >= 4 is 39.5 Å². The minimum atomic E-state index is -4.96. The van der Waals surface area contributed by atoms with Crippen LogP contribution in [0.1, 0.15) is 401 Å². The van der Waals surface area contributed by atoms with Gasteiger partial charge in [-0.05, 0) is 31.6 Å². The number of hydrogen-bond donors (Lipinski definition) is 3. The Bertz CT molecular complexity index is 1820. The lowest BCUT2D eigenvalue weighted by molar-refractivity contribution is -0.161. The van der Waals surface area contributed by atoms with Crippen LogP contribution < -0.4 is 0 Å². The number of hydrogen-bond acceptors (Lipinski definition) is 15. The summed E-state index contributed by atoms with van der Waals surface area (Å²) in [6, 6.07) is 0. The molecular weight excluding hydrogens is 1250 g/mol. The van der Waals surface area contributed by atoms with E-state index in [9.17, 15) is 43.2 Å². The first-order valence-corrected chi connectivity index (χ1v) is 42.7. The van der Waals surface area contributed by atoms with Gasteiger partial charge in [-0.15, -0.1) is 0 Å². The molecule has 0 heterocycles. The fourth-order valence-corrected chi connectivity index (χ4v) is 13.3. The van der Waals surface area contributed by atoms with Crippen molar-refractivity contribution in [2.24, 2.45) is 5.92 Å². The summed E-state index contributed by atoms with van der Waals surface area (Å²) in [6.45, 7) is 7.28. The first-order valence-electron chi connectivity index (χ1n) is 39.7. The van der Waals surface area contributed by atoms with Gasteiger partial charge in [-0.3, -0.25) is 37.3 Å².